The third-order valence-corrected chi connectivity index (χ3v) is 1.16. The lowest BCUT2D eigenvalue weighted by molar-refractivity contribution is -0.298. The standard InChI is InChI=1S/C4HF7N2/c5-3(6,7)2(1-12,13-11)4(8,9)10/h13H. The van der Waals surface area contributed by atoms with Crippen molar-refractivity contribution in [2.45, 2.75) is 17.9 Å². The van der Waals surface area contributed by atoms with Gasteiger partial charge in [0.15, 0.2) is 0 Å². The molecule has 0 aliphatic heterocycles. The molecular weight excluding hydrogens is 209 g/mol. The fraction of sp³-hybridized carbons (Fsp3) is 0.750. The van der Waals surface area contributed by atoms with Crippen LogP contribution in [0, 0.1) is 11.3 Å². The second-order valence-corrected chi connectivity index (χ2v) is 1.95. The highest BCUT2D eigenvalue weighted by molar-refractivity contribution is 5.15. The molecule has 0 heterocycles. The van der Waals surface area contributed by atoms with Gasteiger partial charge in [0, 0.05) is 0 Å². The van der Waals surface area contributed by atoms with Crippen LogP contribution in [0.15, 0.2) is 0 Å². The molecule has 2 nitrogen and oxygen atoms in total. The summed E-state index contributed by atoms with van der Waals surface area (Å²) in [7, 11) is 0. The predicted molar refractivity (Wildman–Crippen MR) is 24.7 cm³/mol. The van der Waals surface area contributed by atoms with E-state index in [1.165, 1.54) is 0 Å². The van der Waals surface area contributed by atoms with Crippen molar-refractivity contribution in [3.63, 3.8) is 0 Å². The molecule has 1 N–H and O–H groups in total. The summed E-state index contributed by atoms with van der Waals surface area (Å²) in [6.45, 7) is 0. The van der Waals surface area contributed by atoms with Crippen LogP contribution < -0.4 is 5.54 Å². The largest absolute Gasteiger partial charge is 0.431 e. The highest BCUT2D eigenvalue weighted by Crippen LogP contribution is 2.42. The molecule has 0 spiro atoms. The maximum Gasteiger partial charge on any atom is 0.431 e. The molecular formula is C4HF7N2. The third kappa shape index (κ3) is 1.67. The molecule has 0 aromatic carbocycles. The SMILES string of the molecule is N#CC(NF)(C(F)(F)F)C(F)(F)F. The fourth-order valence-electron chi connectivity index (χ4n) is 0.416. The Morgan fingerprint density at radius 3 is 1.23 bits per heavy atom. The Bertz CT molecular complexity index is 206. The first-order valence-electron chi connectivity index (χ1n) is 2.55. The van der Waals surface area contributed by atoms with E-state index in [4.69, 9.17) is 5.26 Å². The van der Waals surface area contributed by atoms with Crippen molar-refractivity contribution in [2.24, 2.45) is 0 Å². The zero-order chi connectivity index (χ0) is 10.9. The highest BCUT2D eigenvalue weighted by Gasteiger charge is 2.73. The van der Waals surface area contributed by atoms with Crippen LogP contribution in [0.25, 0.3) is 0 Å². The Balaban J connectivity index is 5.35. The van der Waals surface area contributed by atoms with E-state index in [1.807, 2.05) is 0 Å². The summed E-state index contributed by atoms with van der Waals surface area (Å²) >= 11 is 0. The zero-order valence-corrected chi connectivity index (χ0v) is 5.59. The van der Waals surface area contributed by atoms with Crippen molar-refractivity contribution < 1.29 is 30.8 Å². The number of nitriles is 1. The van der Waals surface area contributed by atoms with Crippen molar-refractivity contribution in [1.82, 2.24) is 5.54 Å². The zero-order valence-electron chi connectivity index (χ0n) is 5.59. The van der Waals surface area contributed by atoms with Gasteiger partial charge in [-0.15, -0.1) is 10.0 Å². The van der Waals surface area contributed by atoms with E-state index >= 15 is 0 Å². The minimum Gasteiger partial charge on any atom is -0.195 e. The van der Waals surface area contributed by atoms with Crippen LogP contribution in [0.1, 0.15) is 0 Å². The van der Waals surface area contributed by atoms with Gasteiger partial charge in [-0.25, -0.2) is 0 Å². The molecule has 0 fully saturated rings. The molecule has 0 saturated heterocycles. The van der Waals surface area contributed by atoms with Gasteiger partial charge in [0.05, 0.1) is 0 Å². The number of hydrogen-bond donors (Lipinski definition) is 1. The van der Waals surface area contributed by atoms with Crippen LogP contribution >= 0.6 is 0 Å². The second kappa shape index (κ2) is 3.02. The van der Waals surface area contributed by atoms with E-state index in [-0.39, 0.29) is 6.07 Å². The fourth-order valence-corrected chi connectivity index (χ4v) is 0.416. The molecule has 0 aromatic rings. The van der Waals surface area contributed by atoms with Gasteiger partial charge in [0.1, 0.15) is 6.07 Å². The van der Waals surface area contributed by atoms with Crippen LogP contribution in [0.3, 0.4) is 0 Å². The smallest absolute Gasteiger partial charge is 0.195 e. The van der Waals surface area contributed by atoms with Gasteiger partial charge in [-0.3, -0.25) is 0 Å². The molecule has 9 heteroatoms. The Labute approximate surface area is 66.9 Å². The molecule has 76 valence electrons. The van der Waals surface area contributed by atoms with Crippen LogP contribution in [-0.4, -0.2) is 17.9 Å². The van der Waals surface area contributed by atoms with E-state index in [1.54, 1.807) is 0 Å². The molecule has 0 aromatic heterocycles. The maximum absolute atomic E-state index is 11.6. The molecule has 0 radical (unpaired) electrons. The first-order valence-corrected chi connectivity index (χ1v) is 2.55. The van der Waals surface area contributed by atoms with Crippen molar-refractivity contribution in [2.75, 3.05) is 0 Å². The Kier molecular flexibility index (Phi) is 2.78. The first-order chi connectivity index (χ1) is 5.62. The van der Waals surface area contributed by atoms with Crippen LogP contribution in [-0.2, 0) is 0 Å². The van der Waals surface area contributed by atoms with E-state index in [0.717, 1.165) is 0 Å². The van der Waals surface area contributed by atoms with Gasteiger partial charge in [0.2, 0.25) is 0 Å². The van der Waals surface area contributed by atoms with Gasteiger partial charge in [0.25, 0.3) is 0 Å². The average Bonchev–Trinajstić information content (AvgIpc) is 1.84. The van der Waals surface area contributed by atoms with Gasteiger partial charge in [-0.05, 0) is 0 Å². The lowest BCUT2D eigenvalue weighted by Crippen LogP contribution is -2.62. The molecule has 13 heavy (non-hydrogen) atoms. The summed E-state index contributed by atoms with van der Waals surface area (Å²) in [6.07, 6.45) is -12.1. The minimum absolute atomic E-state index is 0.191. The molecule has 0 aliphatic rings. The lowest BCUT2D eigenvalue weighted by atomic mass is 10.0. The number of alkyl halides is 6. The average molecular weight is 210 g/mol. The van der Waals surface area contributed by atoms with Gasteiger partial charge >= 0.3 is 17.9 Å². The lowest BCUT2D eigenvalue weighted by Gasteiger charge is -2.27. The van der Waals surface area contributed by atoms with Crippen molar-refractivity contribution in [1.29, 1.82) is 5.26 Å². The van der Waals surface area contributed by atoms with E-state index in [0.29, 0.717) is 0 Å². The first kappa shape index (κ1) is 12.0. The molecule has 0 saturated carbocycles. The minimum atomic E-state index is -6.07. The predicted octanol–water partition coefficient (Wildman–Crippen LogP) is 1.85. The summed E-state index contributed by atoms with van der Waals surface area (Å²) < 4.78 is 81.2. The van der Waals surface area contributed by atoms with Gasteiger partial charge in [-0.2, -0.15) is 31.6 Å². The van der Waals surface area contributed by atoms with Crippen LogP contribution in [0.5, 0.6) is 0 Å². The molecule has 0 amide bonds. The number of halogens is 7. The molecule has 0 rings (SSSR count). The number of nitrogens with one attached hydrogen (secondary N) is 1. The molecule has 0 aliphatic carbocycles. The van der Waals surface area contributed by atoms with E-state index < -0.39 is 23.4 Å². The van der Waals surface area contributed by atoms with Gasteiger partial charge < -0.3 is 0 Å². The van der Waals surface area contributed by atoms with E-state index in [9.17, 15) is 30.8 Å². The Morgan fingerprint density at radius 2 is 1.23 bits per heavy atom. The van der Waals surface area contributed by atoms with Gasteiger partial charge in [-0.1, -0.05) is 0 Å². The van der Waals surface area contributed by atoms with Crippen molar-refractivity contribution in [3.8, 4) is 6.07 Å². The molecule has 0 atom stereocenters. The second-order valence-electron chi connectivity index (χ2n) is 1.95. The summed E-state index contributed by atoms with van der Waals surface area (Å²) in [4.78, 5) is 0. The monoisotopic (exact) mass is 210 g/mol. The number of nitrogens with zero attached hydrogens (tertiary/aromatic N) is 1. The quantitative estimate of drug-likeness (QED) is 0.529. The Hall–Kier alpha value is -1.04. The summed E-state index contributed by atoms with van der Waals surface area (Å²) in [6, 6.07) is -0.191. The summed E-state index contributed by atoms with van der Waals surface area (Å²) in [5.74, 6) is 0. The topological polar surface area (TPSA) is 35.8 Å². The Morgan fingerprint density at radius 1 is 0.923 bits per heavy atom. The summed E-state index contributed by atoms with van der Waals surface area (Å²) in [5, 5.41) is 7.66. The van der Waals surface area contributed by atoms with Crippen molar-refractivity contribution >= 4 is 0 Å². The normalized spacial score (nSPS) is 14.0. The summed E-state index contributed by atoms with van der Waals surface area (Å²) in [5.41, 5.74) is -5.72. The maximum atomic E-state index is 11.6. The highest BCUT2D eigenvalue weighted by atomic mass is 19.4. The van der Waals surface area contributed by atoms with Crippen molar-refractivity contribution in [3.05, 3.63) is 0 Å². The molecule has 0 bridgehead atoms. The number of rotatable bonds is 1. The van der Waals surface area contributed by atoms with Crippen LogP contribution in [0.4, 0.5) is 30.8 Å². The van der Waals surface area contributed by atoms with E-state index in [2.05, 4.69) is 0 Å². The van der Waals surface area contributed by atoms with Crippen LogP contribution in [0.2, 0.25) is 0 Å². The third-order valence-electron chi connectivity index (χ3n) is 1.16. The molecule has 0 unspecified atom stereocenters. The number of hydrogen-bond acceptors (Lipinski definition) is 2.